The average molecular weight is 336 g/mol. The Morgan fingerprint density at radius 3 is 2.48 bits per heavy atom. The second-order valence-electron chi connectivity index (χ2n) is 5.23. The molecule has 0 unspecified atom stereocenters. The lowest BCUT2D eigenvalue weighted by molar-refractivity contribution is -0.128. The minimum Gasteiger partial charge on any atom is -0.479 e. The summed E-state index contributed by atoms with van der Waals surface area (Å²) in [6.07, 6.45) is -0.134. The third-order valence-electron chi connectivity index (χ3n) is 3.50. The molecule has 23 heavy (non-hydrogen) atoms. The molecule has 0 aliphatic rings. The summed E-state index contributed by atoms with van der Waals surface area (Å²) in [5.74, 6) is -0.0596. The fourth-order valence-corrected chi connectivity index (χ4v) is 2.34. The van der Waals surface area contributed by atoms with Crippen LogP contribution in [0.1, 0.15) is 31.9 Å². The largest absolute Gasteiger partial charge is 0.479 e. The standard InChI is InChI=1S/C18H19ClFNO2/c1-3-16(23-17-7-5-4-6-15(17)19)18(22)21-12(2)13-8-10-14(20)11-9-13/h4-12,16H,3H2,1-2H3,(H,21,22)/t12-,16-/m1/s1. The van der Waals surface area contributed by atoms with E-state index < -0.39 is 6.10 Å². The number of ether oxygens (including phenoxy) is 1. The van der Waals surface area contributed by atoms with Gasteiger partial charge in [-0.3, -0.25) is 4.79 Å². The Morgan fingerprint density at radius 1 is 1.22 bits per heavy atom. The van der Waals surface area contributed by atoms with Crippen LogP contribution in [0.2, 0.25) is 5.02 Å². The van der Waals surface area contributed by atoms with E-state index in [1.54, 1.807) is 36.4 Å². The molecule has 0 aliphatic heterocycles. The first kappa shape index (κ1) is 17.3. The van der Waals surface area contributed by atoms with Gasteiger partial charge in [0.25, 0.3) is 5.91 Å². The van der Waals surface area contributed by atoms with Crippen molar-refractivity contribution in [2.24, 2.45) is 0 Å². The van der Waals surface area contributed by atoms with E-state index in [0.717, 1.165) is 5.56 Å². The first-order valence-electron chi connectivity index (χ1n) is 7.48. The SMILES string of the molecule is CC[C@@H](Oc1ccccc1Cl)C(=O)N[C@H](C)c1ccc(F)cc1. The Balaban J connectivity index is 2.02. The summed E-state index contributed by atoms with van der Waals surface area (Å²) in [6.45, 7) is 3.71. The van der Waals surface area contributed by atoms with Gasteiger partial charge in [-0.15, -0.1) is 0 Å². The van der Waals surface area contributed by atoms with Crippen molar-refractivity contribution in [2.75, 3.05) is 0 Å². The number of carbonyl (C=O) groups excluding carboxylic acids is 1. The Bertz CT molecular complexity index is 660. The predicted molar refractivity (Wildman–Crippen MR) is 89.1 cm³/mol. The molecule has 2 atom stereocenters. The van der Waals surface area contributed by atoms with E-state index in [1.807, 2.05) is 13.8 Å². The molecule has 0 spiro atoms. The molecule has 0 bridgehead atoms. The molecule has 0 aromatic heterocycles. The maximum atomic E-state index is 13.0. The third-order valence-corrected chi connectivity index (χ3v) is 3.81. The highest BCUT2D eigenvalue weighted by molar-refractivity contribution is 6.32. The van der Waals surface area contributed by atoms with Crippen LogP contribution >= 0.6 is 11.6 Å². The lowest BCUT2D eigenvalue weighted by Gasteiger charge is -2.21. The molecule has 2 rings (SSSR count). The Morgan fingerprint density at radius 2 is 1.87 bits per heavy atom. The quantitative estimate of drug-likeness (QED) is 0.843. The fraction of sp³-hybridized carbons (Fsp3) is 0.278. The zero-order valence-electron chi connectivity index (χ0n) is 13.1. The number of carbonyl (C=O) groups is 1. The van der Waals surface area contributed by atoms with Gasteiger partial charge in [0.15, 0.2) is 6.10 Å². The lowest BCUT2D eigenvalue weighted by Crippen LogP contribution is -2.39. The van der Waals surface area contributed by atoms with Crippen LogP contribution in [-0.4, -0.2) is 12.0 Å². The van der Waals surface area contributed by atoms with Crippen LogP contribution in [0.4, 0.5) is 4.39 Å². The lowest BCUT2D eigenvalue weighted by atomic mass is 10.1. The summed E-state index contributed by atoms with van der Waals surface area (Å²) in [5.41, 5.74) is 0.826. The number of para-hydroxylation sites is 1. The van der Waals surface area contributed by atoms with Gasteiger partial charge < -0.3 is 10.1 Å². The Kier molecular flexibility index (Phi) is 5.99. The molecule has 122 valence electrons. The van der Waals surface area contributed by atoms with Crippen molar-refractivity contribution in [1.29, 1.82) is 0 Å². The van der Waals surface area contributed by atoms with Gasteiger partial charge in [0.05, 0.1) is 11.1 Å². The summed E-state index contributed by atoms with van der Waals surface area (Å²) < 4.78 is 18.7. The van der Waals surface area contributed by atoms with Crippen LogP contribution in [-0.2, 0) is 4.79 Å². The second-order valence-corrected chi connectivity index (χ2v) is 5.63. The minimum atomic E-state index is -0.641. The highest BCUT2D eigenvalue weighted by Gasteiger charge is 2.21. The molecule has 0 aliphatic carbocycles. The summed E-state index contributed by atoms with van der Waals surface area (Å²) >= 11 is 6.05. The highest BCUT2D eigenvalue weighted by atomic mass is 35.5. The van der Waals surface area contributed by atoms with E-state index in [2.05, 4.69) is 5.32 Å². The number of hydrogen-bond acceptors (Lipinski definition) is 2. The van der Waals surface area contributed by atoms with Gasteiger partial charge in [-0.2, -0.15) is 0 Å². The topological polar surface area (TPSA) is 38.3 Å². The number of rotatable bonds is 6. The average Bonchev–Trinajstić information content (AvgIpc) is 2.54. The second kappa shape index (κ2) is 7.97. The summed E-state index contributed by atoms with van der Waals surface area (Å²) in [7, 11) is 0. The van der Waals surface area contributed by atoms with Crippen molar-refractivity contribution in [2.45, 2.75) is 32.4 Å². The van der Waals surface area contributed by atoms with Gasteiger partial charge in [-0.1, -0.05) is 42.8 Å². The van der Waals surface area contributed by atoms with Crippen molar-refractivity contribution in [3.63, 3.8) is 0 Å². The van der Waals surface area contributed by atoms with Gasteiger partial charge in [-0.05, 0) is 43.2 Å². The van der Waals surface area contributed by atoms with Gasteiger partial charge >= 0.3 is 0 Å². The van der Waals surface area contributed by atoms with Crippen molar-refractivity contribution in [1.82, 2.24) is 5.32 Å². The van der Waals surface area contributed by atoms with Crippen LogP contribution in [0.15, 0.2) is 48.5 Å². The molecular weight excluding hydrogens is 317 g/mol. The summed E-state index contributed by atoms with van der Waals surface area (Å²) in [6, 6.07) is 12.8. The predicted octanol–water partition coefficient (Wildman–Crippen LogP) is 4.51. The van der Waals surface area contributed by atoms with Crippen molar-refractivity contribution in [3.05, 3.63) is 64.9 Å². The van der Waals surface area contributed by atoms with E-state index in [1.165, 1.54) is 12.1 Å². The molecule has 0 saturated heterocycles. The zero-order valence-corrected chi connectivity index (χ0v) is 13.8. The van der Waals surface area contributed by atoms with Crippen molar-refractivity contribution in [3.8, 4) is 5.75 Å². The van der Waals surface area contributed by atoms with Crippen LogP contribution in [0, 0.1) is 5.82 Å². The monoisotopic (exact) mass is 335 g/mol. The van der Waals surface area contributed by atoms with Crippen LogP contribution in [0.25, 0.3) is 0 Å². The van der Waals surface area contributed by atoms with Crippen LogP contribution in [0.3, 0.4) is 0 Å². The first-order valence-corrected chi connectivity index (χ1v) is 7.86. The van der Waals surface area contributed by atoms with Crippen molar-refractivity contribution < 1.29 is 13.9 Å². The maximum absolute atomic E-state index is 13.0. The number of halogens is 2. The number of amides is 1. The van der Waals surface area contributed by atoms with Gasteiger partial charge in [0.2, 0.25) is 0 Å². The third kappa shape index (κ3) is 4.70. The van der Waals surface area contributed by atoms with E-state index in [4.69, 9.17) is 16.3 Å². The molecule has 1 amide bonds. The molecule has 0 radical (unpaired) electrons. The van der Waals surface area contributed by atoms with Crippen LogP contribution in [0.5, 0.6) is 5.75 Å². The Labute approximate surface area is 140 Å². The molecular formula is C18H19ClFNO2. The molecule has 0 heterocycles. The number of nitrogens with one attached hydrogen (secondary N) is 1. The van der Waals surface area contributed by atoms with E-state index in [0.29, 0.717) is 17.2 Å². The minimum absolute atomic E-state index is 0.232. The summed E-state index contributed by atoms with van der Waals surface area (Å²) in [4.78, 5) is 12.4. The number of hydrogen-bond donors (Lipinski definition) is 1. The smallest absolute Gasteiger partial charge is 0.261 e. The fourth-order valence-electron chi connectivity index (χ4n) is 2.16. The molecule has 3 nitrogen and oxygen atoms in total. The normalized spacial score (nSPS) is 13.2. The Hall–Kier alpha value is -2.07. The van der Waals surface area contributed by atoms with Gasteiger partial charge in [-0.25, -0.2) is 4.39 Å². The van der Waals surface area contributed by atoms with E-state index >= 15 is 0 Å². The summed E-state index contributed by atoms with van der Waals surface area (Å²) in [5, 5.41) is 3.34. The van der Waals surface area contributed by atoms with Crippen molar-refractivity contribution >= 4 is 17.5 Å². The molecule has 5 heteroatoms. The molecule has 1 N–H and O–H groups in total. The molecule has 2 aromatic carbocycles. The zero-order chi connectivity index (χ0) is 16.8. The molecule has 0 fully saturated rings. The van der Waals surface area contributed by atoms with Crippen LogP contribution < -0.4 is 10.1 Å². The van der Waals surface area contributed by atoms with E-state index in [9.17, 15) is 9.18 Å². The van der Waals surface area contributed by atoms with Gasteiger partial charge in [0, 0.05) is 0 Å². The first-order chi connectivity index (χ1) is 11.0. The number of benzene rings is 2. The van der Waals surface area contributed by atoms with Gasteiger partial charge in [0.1, 0.15) is 11.6 Å². The molecule has 2 aromatic rings. The highest BCUT2D eigenvalue weighted by Crippen LogP contribution is 2.25. The van der Waals surface area contributed by atoms with E-state index in [-0.39, 0.29) is 17.8 Å². The maximum Gasteiger partial charge on any atom is 0.261 e. The molecule has 0 saturated carbocycles.